The minimum Gasteiger partial charge on any atom is -0.504 e. The molecule has 264 valence electrons. The maximum absolute atomic E-state index is 15.3. The van der Waals surface area contributed by atoms with E-state index in [9.17, 15) is 19.5 Å². The summed E-state index contributed by atoms with van der Waals surface area (Å²) in [6.45, 7) is 3.80. The molecule has 2 N–H and O–H groups in total. The van der Waals surface area contributed by atoms with Crippen LogP contribution in [0.3, 0.4) is 0 Å². The van der Waals surface area contributed by atoms with Crippen LogP contribution in [0, 0.1) is 37.5 Å². The fourth-order valence-electron chi connectivity index (χ4n) is 9.04. The van der Waals surface area contributed by atoms with E-state index in [1.165, 1.54) is 12.0 Å². The third-order valence-electron chi connectivity index (χ3n) is 11.4. The van der Waals surface area contributed by atoms with Gasteiger partial charge in [-0.05, 0) is 80.1 Å². The molecule has 8 rings (SSSR count). The van der Waals surface area contributed by atoms with Gasteiger partial charge in [0.05, 0.1) is 41.7 Å². The second-order valence-corrected chi connectivity index (χ2v) is 15.4. The molecule has 6 atom stereocenters. The van der Waals surface area contributed by atoms with Crippen LogP contribution in [0.1, 0.15) is 41.0 Å². The first-order valence-electron chi connectivity index (χ1n) is 17.1. The number of allylic oxidation sites excluding steroid dienone is 2. The Bertz CT molecular complexity index is 2210. The summed E-state index contributed by atoms with van der Waals surface area (Å²) in [6.07, 6.45) is 2.32. The van der Waals surface area contributed by atoms with Crippen LogP contribution in [0.2, 0.25) is 5.02 Å². The minimum atomic E-state index is -1.54. The number of hydrogen-bond acceptors (Lipinski definition) is 7. The number of aryl methyl sites for hydroxylation is 2. The normalized spacial score (nSPS) is 26.6. The van der Waals surface area contributed by atoms with E-state index in [0.29, 0.717) is 32.0 Å². The molecule has 52 heavy (non-hydrogen) atoms. The average molecular weight is 781 g/mol. The highest BCUT2D eigenvalue weighted by Crippen LogP contribution is 2.65. The molecule has 6 unspecified atom stereocenters. The summed E-state index contributed by atoms with van der Waals surface area (Å²) < 4.78 is 6.18. The van der Waals surface area contributed by atoms with Gasteiger partial charge in [0.1, 0.15) is 0 Å². The minimum absolute atomic E-state index is 0.127. The fourth-order valence-corrected chi connectivity index (χ4v) is 9.67. The molecule has 2 aliphatic heterocycles. The number of nitrogens with one attached hydrogen (secondary N) is 1. The molecule has 9 nitrogen and oxygen atoms in total. The number of benzene rings is 4. The van der Waals surface area contributed by atoms with Crippen LogP contribution in [0.5, 0.6) is 11.5 Å². The van der Waals surface area contributed by atoms with Gasteiger partial charge in [-0.2, -0.15) is 5.01 Å². The summed E-state index contributed by atoms with van der Waals surface area (Å²) in [7, 11) is 1.45. The molecular weight excluding hydrogens is 746 g/mol. The molecule has 1 saturated carbocycles. The highest BCUT2D eigenvalue weighted by molar-refractivity contribution is 9.10. The number of amides is 4. The van der Waals surface area contributed by atoms with Gasteiger partial charge in [0.25, 0.3) is 11.8 Å². The lowest BCUT2D eigenvalue weighted by Gasteiger charge is -2.50. The Balaban J connectivity index is 1.34. The number of phenols is 1. The number of carbonyl (C=O) groups is 4. The van der Waals surface area contributed by atoms with E-state index in [2.05, 4.69) is 21.4 Å². The van der Waals surface area contributed by atoms with Gasteiger partial charge < -0.3 is 9.84 Å². The maximum Gasteiger partial charge on any atom is 0.260 e. The lowest BCUT2D eigenvalue weighted by Crippen LogP contribution is -2.53. The van der Waals surface area contributed by atoms with Crippen LogP contribution in [0.4, 0.5) is 11.4 Å². The number of imide groups is 2. The summed E-state index contributed by atoms with van der Waals surface area (Å²) in [5.74, 6) is -5.61. The number of anilines is 2. The van der Waals surface area contributed by atoms with E-state index in [1.807, 2.05) is 62.4 Å². The molecule has 0 radical (unpaired) electrons. The lowest BCUT2D eigenvalue weighted by molar-refractivity contribution is -0.138. The maximum atomic E-state index is 15.3. The van der Waals surface area contributed by atoms with Crippen molar-refractivity contribution in [2.24, 2.45) is 23.7 Å². The Kier molecular flexibility index (Phi) is 8.30. The summed E-state index contributed by atoms with van der Waals surface area (Å²) in [6, 6.07) is 25.1. The van der Waals surface area contributed by atoms with Gasteiger partial charge in [0.2, 0.25) is 11.8 Å². The second kappa shape index (κ2) is 12.6. The molecular formula is C41H35BrClN3O6. The van der Waals surface area contributed by atoms with Crippen molar-refractivity contribution in [1.82, 2.24) is 5.01 Å². The van der Waals surface area contributed by atoms with Gasteiger partial charge in [-0.3, -0.25) is 24.6 Å². The topological polar surface area (TPSA) is 116 Å². The van der Waals surface area contributed by atoms with Crippen LogP contribution in [-0.4, -0.2) is 40.9 Å². The number of rotatable bonds is 6. The summed E-state index contributed by atoms with van der Waals surface area (Å²) in [4.78, 5) is 60.1. The van der Waals surface area contributed by atoms with Crippen LogP contribution in [0.15, 0.2) is 101 Å². The Hall–Kier alpha value is -4.93. The number of halogens is 2. The lowest BCUT2D eigenvalue weighted by atomic mass is 9.49. The van der Waals surface area contributed by atoms with Crippen molar-refractivity contribution in [3.63, 3.8) is 0 Å². The molecule has 2 saturated heterocycles. The fraction of sp³-hybridized carbons (Fsp3) is 0.268. The predicted molar refractivity (Wildman–Crippen MR) is 200 cm³/mol. The van der Waals surface area contributed by atoms with Crippen molar-refractivity contribution >= 4 is 62.5 Å². The Morgan fingerprint density at radius 1 is 0.904 bits per heavy atom. The highest BCUT2D eigenvalue weighted by Gasteiger charge is 2.70. The number of phenolic OH excluding ortho intramolecular Hbond substituents is 1. The third-order valence-corrected chi connectivity index (χ3v) is 12.3. The molecule has 0 aromatic heterocycles. The van der Waals surface area contributed by atoms with Crippen molar-refractivity contribution in [3.05, 3.63) is 128 Å². The first-order chi connectivity index (χ1) is 25.0. The molecule has 0 spiro atoms. The number of aromatic hydroxyl groups is 1. The number of methoxy groups -OCH3 is 1. The standard InChI is InChI=1S/C41H35BrClN3O6/c1-21-9-12-25(13-10-21)44-46-38(49)31-20-29-27(15-16-28-34(29)39(50)45(37(28)48)26-14-11-22(2)32(43)19-26)35(30-17-24(42)18-33(52-3)36(30)47)41(31,40(46)51)23-7-5-4-6-8-23/h4-15,17-19,28-29,31,34-35,44,47H,16,20H2,1-3H3. The quantitative estimate of drug-likeness (QED) is 0.153. The largest absolute Gasteiger partial charge is 0.504 e. The number of hydrazine groups is 1. The van der Waals surface area contributed by atoms with Crippen molar-refractivity contribution in [2.45, 2.75) is 38.0 Å². The SMILES string of the molecule is COc1cc(Br)cc(C2C3=CCC4C(=O)N(c5ccc(C)c(Cl)c5)C(=O)C4C3CC3C(=O)N(Nc4ccc(C)cc4)C(=O)C32c2ccccc2)c1O. The second-order valence-electron chi connectivity index (χ2n) is 14.1. The predicted octanol–water partition coefficient (Wildman–Crippen LogP) is 7.62. The highest BCUT2D eigenvalue weighted by atomic mass is 79.9. The van der Waals surface area contributed by atoms with Gasteiger partial charge in [-0.15, -0.1) is 0 Å². The van der Waals surface area contributed by atoms with E-state index in [1.54, 1.807) is 42.5 Å². The number of fused-ring (bicyclic) bond motifs is 4. The van der Waals surface area contributed by atoms with Crippen molar-refractivity contribution in [2.75, 3.05) is 17.4 Å². The van der Waals surface area contributed by atoms with E-state index in [-0.39, 0.29) is 36.2 Å². The van der Waals surface area contributed by atoms with Crippen LogP contribution in [-0.2, 0) is 24.6 Å². The zero-order chi connectivity index (χ0) is 36.6. The Morgan fingerprint density at radius 2 is 1.63 bits per heavy atom. The molecule has 4 amide bonds. The van der Waals surface area contributed by atoms with Crippen molar-refractivity contribution in [3.8, 4) is 11.5 Å². The first kappa shape index (κ1) is 34.2. The molecule has 0 bridgehead atoms. The summed E-state index contributed by atoms with van der Waals surface area (Å²) in [5, 5.41) is 13.4. The smallest absolute Gasteiger partial charge is 0.260 e. The first-order valence-corrected chi connectivity index (χ1v) is 18.3. The number of nitrogens with zero attached hydrogens (tertiary/aromatic N) is 2. The molecule has 4 aromatic carbocycles. The third kappa shape index (κ3) is 4.94. The molecule has 4 aliphatic rings. The summed E-state index contributed by atoms with van der Waals surface area (Å²) in [5.41, 5.74) is 6.02. The number of ether oxygens (including phenoxy) is 1. The molecule has 4 aromatic rings. The number of carbonyl (C=O) groups excluding carboxylic acids is 4. The summed E-state index contributed by atoms with van der Waals surface area (Å²) >= 11 is 10.0. The van der Waals surface area contributed by atoms with Gasteiger partial charge in [-0.25, -0.2) is 4.90 Å². The number of hydrogen-bond donors (Lipinski definition) is 2. The van der Waals surface area contributed by atoms with Crippen molar-refractivity contribution in [1.29, 1.82) is 0 Å². The van der Waals surface area contributed by atoms with E-state index in [4.69, 9.17) is 16.3 Å². The molecule has 3 fully saturated rings. The van der Waals surface area contributed by atoms with Crippen LogP contribution >= 0.6 is 27.5 Å². The van der Waals surface area contributed by atoms with E-state index in [0.717, 1.165) is 21.7 Å². The van der Waals surface area contributed by atoms with Gasteiger partial charge >= 0.3 is 0 Å². The van der Waals surface area contributed by atoms with Gasteiger partial charge in [-0.1, -0.05) is 93.3 Å². The zero-order valence-electron chi connectivity index (χ0n) is 28.6. The van der Waals surface area contributed by atoms with Crippen LogP contribution < -0.4 is 15.1 Å². The average Bonchev–Trinajstić information content (AvgIpc) is 3.52. The van der Waals surface area contributed by atoms with E-state index < -0.39 is 46.8 Å². The molecule has 2 aliphatic carbocycles. The monoisotopic (exact) mass is 779 g/mol. The van der Waals surface area contributed by atoms with Crippen molar-refractivity contribution < 1.29 is 29.0 Å². The Morgan fingerprint density at radius 3 is 2.33 bits per heavy atom. The van der Waals surface area contributed by atoms with E-state index >= 15 is 4.79 Å². The molecule has 2 heterocycles. The molecule has 11 heteroatoms. The van der Waals surface area contributed by atoms with Crippen LogP contribution in [0.25, 0.3) is 0 Å². The zero-order valence-corrected chi connectivity index (χ0v) is 30.9. The Labute approximate surface area is 314 Å². The van der Waals surface area contributed by atoms with Gasteiger partial charge in [0, 0.05) is 21.0 Å². The van der Waals surface area contributed by atoms with Gasteiger partial charge in [0.15, 0.2) is 11.5 Å².